The Kier molecular flexibility index (Phi) is 5.54. The normalized spacial score (nSPS) is 11.6. The van der Waals surface area contributed by atoms with Crippen molar-refractivity contribution in [2.75, 3.05) is 0 Å². The molecule has 2 heteroatoms. The third-order valence-electron chi connectivity index (χ3n) is 8.87. The first-order valence-corrected chi connectivity index (χ1v) is 15.0. The standard InChI is InChI=1S/C42H26N2/c1-2-8-38-27(5-1)9-12-29-13-10-28-11-14-32(26-39(28)42(29)38)37-24-35(30-15-17-40-33(21-30)6-3-19-43-40)23-36(25-37)31-16-18-41-34(22-31)7-4-20-44-41/h1-26H. The average Bonchev–Trinajstić information content (AvgIpc) is 3.10. The highest BCUT2D eigenvalue weighted by Gasteiger charge is 2.12. The number of hydrogen-bond donors (Lipinski definition) is 0. The minimum atomic E-state index is 1.00. The van der Waals surface area contributed by atoms with Gasteiger partial charge in [0.1, 0.15) is 0 Å². The number of rotatable bonds is 3. The van der Waals surface area contributed by atoms with Crippen LogP contribution in [0, 0.1) is 0 Å². The minimum Gasteiger partial charge on any atom is -0.256 e. The molecule has 0 aliphatic carbocycles. The molecule has 0 fully saturated rings. The Bertz CT molecular complexity index is 2460. The van der Waals surface area contributed by atoms with Crippen LogP contribution in [0.1, 0.15) is 0 Å². The highest BCUT2D eigenvalue weighted by atomic mass is 14.6. The van der Waals surface area contributed by atoms with E-state index in [1.54, 1.807) is 0 Å². The number of benzene rings is 7. The van der Waals surface area contributed by atoms with Crippen molar-refractivity contribution in [3.8, 4) is 33.4 Å². The molecular weight excluding hydrogens is 532 g/mol. The summed E-state index contributed by atoms with van der Waals surface area (Å²) < 4.78 is 0. The molecule has 9 aromatic rings. The Morgan fingerprint density at radius 2 is 0.773 bits per heavy atom. The number of pyridine rings is 2. The lowest BCUT2D eigenvalue weighted by Crippen LogP contribution is -1.88. The average molecular weight is 559 g/mol. The maximum Gasteiger partial charge on any atom is 0.0702 e. The lowest BCUT2D eigenvalue weighted by atomic mass is 9.90. The SMILES string of the molecule is c1cnc2ccc(-c3cc(-c4ccc5ncccc5c4)cc(-c4ccc5ccc6ccc7ccccc7c6c5c4)c3)cc2c1. The van der Waals surface area contributed by atoms with E-state index in [1.165, 1.54) is 65.7 Å². The van der Waals surface area contributed by atoms with Gasteiger partial charge in [0.15, 0.2) is 0 Å². The van der Waals surface area contributed by atoms with Crippen LogP contribution in [0.3, 0.4) is 0 Å². The van der Waals surface area contributed by atoms with Crippen LogP contribution in [0.4, 0.5) is 0 Å². The molecule has 0 saturated heterocycles. The summed E-state index contributed by atoms with van der Waals surface area (Å²) in [5, 5.41) is 9.92. The molecule has 0 unspecified atom stereocenters. The maximum absolute atomic E-state index is 4.54. The van der Waals surface area contributed by atoms with Gasteiger partial charge in [-0.25, -0.2) is 0 Å². The van der Waals surface area contributed by atoms with E-state index >= 15 is 0 Å². The van der Waals surface area contributed by atoms with E-state index in [4.69, 9.17) is 0 Å². The van der Waals surface area contributed by atoms with Gasteiger partial charge in [-0.05, 0) is 126 Å². The molecular formula is C42H26N2. The molecule has 0 saturated carbocycles. The van der Waals surface area contributed by atoms with Crippen LogP contribution < -0.4 is 0 Å². The van der Waals surface area contributed by atoms with Gasteiger partial charge >= 0.3 is 0 Å². The highest BCUT2D eigenvalue weighted by Crippen LogP contribution is 2.38. The number of fused-ring (bicyclic) bond motifs is 7. The predicted molar refractivity (Wildman–Crippen MR) is 186 cm³/mol. The van der Waals surface area contributed by atoms with Gasteiger partial charge in [-0.1, -0.05) is 84.9 Å². The summed E-state index contributed by atoms with van der Waals surface area (Å²) >= 11 is 0. The fraction of sp³-hybridized carbons (Fsp3) is 0. The van der Waals surface area contributed by atoms with Gasteiger partial charge in [0.25, 0.3) is 0 Å². The summed E-state index contributed by atoms with van der Waals surface area (Å²) in [6.07, 6.45) is 3.70. The molecule has 0 aliphatic rings. The quantitative estimate of drug-likeness (QED) is 0.202. The summed E-state index contributed by atoms with van der Waals surface area (Å²) in [6.45, 7) is 0. The zero-order chi connectivity index (χ0) is 29.0. The maximum atomic E-state index is 4.54. The van der Waals surface area contributed by atoms with Crippen LogP contribution >= 0.6 is 0 Å². The first-order chi connectivity index (χ1) is 21.8. The molecule has 204 valence electrons. The largest absolute Gasteiger partial charge is 0.256 e. The summed E-state index contributed by atoms with van der Waals surface area (Å²) in [7, 11) is 0. The second-order valence-corrected chi connectivity index (χ2v) is 11.5. The van der Waals surface area contributed by atoms with Gasteiger partial charge in [-0.2, -0.15) is 0 Å². The monoisotopic (exact) mass is 558 g/mol. The molecule has 9 rings (SSSR count). The molecule has 0 spiro atoms. The Hall–Kier alpha value is -5.86. The topological polar surface area (TPSA) is 25.8 Å². The third-order valence-corrected chi connectivity index (χ3v) is 8.87. The molecule has 44 heavy (non-hydrogen) atoms. The molecule has 0 N–H and O–H groups in total. The van der Waals surface area contributed by atoms with Crippen LogP contribution in [-0.4, -0.2) is 9.97 Å². The van der Waals surface area contributed by atoms with E-state index in [0.29, 0.717) is 0 Å². The van der Waals surface area contributed by atoms with Crippen molar-refractivity contribution in [1.29, 1.82) is 0 Å². The van der Waals surface area contributed by atoms with E-state index in [9.17, 15) is 0 Å². The fourth-order valence-electron chi connectivity index (χ4n) is 6.64. The predicted octanol–water partition coefficient (Wildman–Crippen LogP) is 11.2. The number of nitrogens with zero attached hydrogens (tertiary/aromatic N) is 2. The van der Waals surface area contributed by atoms with Crippen molar-refractivity contribution in [2.24, 2.45) is 0 Å². The Morgan fingerprint density at radius 3 is 1.41 bits per heavy atom. The van der Waals surface area contributed by atoms with Crippen LogP contribution in [0.2, 0.25) is 0 Å². The van der Waals surface area contributed by atoms with E-state index < -0.39 is 0 Å². The number of aromatic nitrogens is 2. The Labute approximate surface area is 254 Å². The van der Waals surface area contributed by atoms with E-state index in [-0.39, 0.29) is 0 Å². The lowest BCUT2D eigenvalue weighted by Gasteiger charge is -2.14. The summed E-state index contributed by atoms with van der Waals surface area (Å²) in [6, 6.07) is 52.9. The van der Waals surface area contributed by atoms with Crippen molar-refractivity contribution in [2.45, 2.75) is 0 Å². The molecule has 0 radical (unpaired) electrons. The summed E-state index contributed by atoms with van der Waals surface area (Å²) in [5.41, 5.74) is 9.10. The van der Waals surface area contributed by atoms with Gasteiger partial charge in [0.2, 0.25) is 0 Å². The molecule has 2 nitrogen and oxygen atoms in total. The summed E-state index contributed by atoms with van der Waals surface area (Å²) in [5.74, 6) is 0. The second-order valence-electron chi connectivity index (χ2n) is 11.5. The van der Waals surface area contributed by atoms with Crippen molar-refractivity contribution >= 4 is 54.1 Å². The minimum absolute atomic E-state index is 1.00. The third kappa shape index (κ3) is 4.11. The zero-order valence-electron chi connectivity index (χ0n) is 23.9. The zero-order valence-corrected chi connectivity index (χ0v) is 23.9. The van der Waals surface area contributed by atoms with Gasteiger partial charge in [-0.15, -0.1) is 0 Å². The molecule has 0 amide bonds. The van der Waals surface area contributed by atoms with E-state index in [1.807, 2.05) is 24.5 Å². The van der Waals surface area contributed by atoms with Gasteiger partial charge in [0, 0.05) is 23.2 Å². The molecule has 0 aliphatic heterocycles. The van der Waals surface area contributed by atoms with Gasteiger partial charge in [0.05, 0.1) is 11.0 Å². The van der Waals surface area contributed by atoms with Crippen LogP contribution in [0.5, 0.6) is 0 Å². The van der Waals surface area contributed by atoms with E-state index in [0.717, 1.165) is 21.8 Å². The van der Waals surface area contributed by atoms with Crippen molar-refractivity contribution in [1.82, 2.24) is 9.97 Å². The van der Waals surface area contributed by atoms with Crippen molar-refractivity contribution in [3.63, 3.8) is 0 Å². The molecule has 0 atom stereocenters. The van der Waals surface area contributed by atoms with Gasteiger partial charge < -0.3 is 0 Å². The van der Waals surface area contributed by atoms with Crippen molar-refractivity contribution in [3.05, 3.63) is 158 Å². The fourth-order valence-corrected chi connectivity index (χ4v) is 6.64. The van der Waals surface area contributed by atoms with Crippen LogP contribution in [-0.2, 0) is 0 Å². The first kappa shape index (κ1) is 24.7. The Balaban J connectivity index is 1.29. The van der Waals surface area contributed by atoms with Crippen LogP contribution in [0.15, 0.2) is 158 Å². The van der Waals surface area contributed by atoms with Gasteiger partial charge in [-0.3, -0.25) is 9.97 Å². The summed E-state index contributed by atoms with van der Waals surface area (Å²) in [4.78, 5) is 9.09. The molecule has 2 heterocycles. The van der Waals surface area contributed by atoms with E-state index in [2.05, 4.69) is 143 Å². The lowest BCUT2D eigenvalue weighted by molar-refractivity contribution is 1.41. The Morgan fingerprint density at radius 1 is 0.295 bits per heavy atom. The first-order valence-electron chi connectivity index (χ1n) is 15.0. The van der Waals surface area contributed by atoms with Crippen molar-refractivity contribution < 1.29 is 0 Å². The smallest absolute Gasteiger partial charge is 0.0702 e. The highest BCUT2D eigenvalue weighted by molar-refractivity contribution is 6.20. The van der Waals surface area contributed by atoms with Crippen LogP contribution in [0.25, 0.3) is 87.5 Å². The second kappa shape index (κ2) is 9.86. The molecule has 2 aromatic heterocycles. The number of hydrogen-bond acceptors (Lipinski definition) is 2. The molecule has 0 bridgehead atoms. The molecule has 7 aromatic carbocycles.